The van der Waals surface area contributed by atoms with Crippen LogP contribution in [-0.4, -0.2) is 24.0 Å². The average Bonchev–Trinajstić information content (AvgIpc) is 2.86. The highest BCUT2D eigenvalue weighted by molar-refractivity contribution is 9.10. The zero-order valence-corrected chi connectivity index (χ0v) is 14.3. The molecule has 0 unspecified atom stereocenters. The van der Waals surface area contributed by atoms with Crippen LogP contribution in [0.4, 0.5) is 5.13 Å². The van der Waals surface area contributed by atoms with Gasteiger partial charge in [0.25, 0.3) is 0 Å². The lowest BCUT2D eigenvalue weighted by Crippen LogP contribution is -2.07. The summed E-state index contributed by atoms with van der Waals surface area (Å²) in [5.74, 6) is -0.778. The Bertz CT molecular complexity index is 740. The van der Waals surface area contributed by atoms with E-state index in [1.807, 2.05) is 24.3 Å². The monoisotopic (exact) mass is 380 g/mol. The minimum absolute atomic E-state index is 0.319. The van der Waals surface area contributed by atoms with Crippen molar-refractivity contribution in [2.45, 2.75) is 6.92 Å². The third kappa shape index (κ3) is 4.02. The number of esters is 1. The zero-order chi connectivity index (χ0) is 16.1. The van der Waals surface area contributed by atoms with Crippen LogP contribution in [-0.2, 0) is 9.53 Å². The number of benzene rings is 1. The molecule has 1 N–H and O–H groups in total. The summed E-state index contributed by atoms with van der Waals surface area (Å²) in [6.45, 7) is 1.69. The Balaban J connectivity index is 2.07. The van der Waals surface area contributed by atoms with Crippen molar-refractivity contribution in [3.05, 3.63) is 50.9 Å². The summed E-state index contributed by atoms with van der Waals surface area (Å²) in [4.78, 5) is 27.9. The fourth-order valence-corrected chi connectivity index (χ4v) is 2.96. The molecule has 2 aromatic rings. The number of hydrogen-bond donors (Lipinski definition) is 1. The van der Waals surface area contributed by atoms with Gasteiger partial charge in [-0.3, -0.25) is 10.1 Å². The SMILES string of the molecule is COC(=O)c1sc(NC(=O)/C=C/c2ccccc2Br)nc1C. The summed E-state index contributed by atoms with van der Waals surface area (Å²) in [6.07, 6.45) is 3.11. The molecule has 0 saturated carbocycles. The summed E-state index contributed by atoms with van der Waals surface area (Å²) in [5.41, 5.74) is 1.42. The number of thiazole rings is 1. The minimum Gasteiger partial charge on any atom is -0.465 e. The van der Waals surface area contributed by atoms with Gasteiger partial charge in [-0.1, -0.05) is 45.5 Å². The van der Waals surface area contributed by atoms with E-state index in [1.54, 1.807) is 13.0 Å². The van der Waals surface area contributed by atoms with Crippen LogP contribution in [0.25, 0.3) is 6.08 Å². The quantitative estimate of drug-likeness (QED) is 0.649. The summed E-state index contributed by atoms with van der Waals surface area (Å²) in [7, 11) is 1.31. The lowest BCUT2D eigenvalue weighted by molar-refractivity contribution is -0.111. The third-order valence-electron chi connectivity index (χ3n) is 2.72. The molecule has 1 aromatic heterocycles. The number of halogens is 1. The molecule has 7 heteroatoms. The van der Waals surface area contributed by atoms with Crippen molar-refractivity contribution >= 4 is 50.4 Å². The van der Waals surface area contributed by atoms with E-state index in [4.69, 9.17) is 0 Å². The van der Waals surface area contributed by atoms with Crippen LogP contribution in [0.15, 0.2) is 34.8 Å². The molecule has 0 aliphatic heterocycles. The number of amides is 1. The number of aryl methyl sites for hydroxylation is 1. The number of rotatable bonds is 4. The number of hydrogen-bond acceptors (Lipinski definition) is 5. The highest BCUT2D eigenvalue weighted by Gasteiger charge is 2.16. The minimum atomic E-state index is -0.459. The molecule has 0 bridgehead atoms. The first-order chi connectivity index (χ1) is 10.5. The van der Waals surface area contributed by atoms with Gasteiger partial charge in [0.2, 0.25) is 5.91 Å². The van der Waals surface area contributed by atoms with Gasteiger partial charge in [0, 0.05) is 10.5 Å². The van der Waals surface area contributed by atoms with Crippen molar-refractivity contribution in [1.29, 1.82) is 0 Å². The van der Waals surface area contributed by atoms with Crippen molar-refractivity contribution < 1.29 is 14.3 Å². The second-order valence-corrected chi connectivity index (χ2v) is 6.12. The number of anilines is 1. The van der Waals surface area contributed by atoms with E-state index in [0.717, 1.165) is 21.4 Å². The first-order valence-electron chi connectivity index (χ1n) is 6.30. The predicted octanol–water partition coefficient (Wildman–Crippen LogP) is 3.65. The molecule has 2 rings (SSSR count). The zero-order valence-electron chi connectivity index (χ0n) is 11.9. The number of carbonyl (C=O) groups is 2. The first kappa shape index (κ1) is 16.4. The van der Waals surface area contributed by atoms with Crippen molar-refractivity contribution in [3.8, 4) is 0 Å². The normalized spacial score (nSPS) is 10.7. The number of ether oxygens (including phenoxy) is 1. The highest BCUT2D eigenvalue weighted by Crippen LogP contribution is 2.23. The summed E-state index contributed by atoms with van der Waals surface area (Å²) >= 11 is 4.49. The molecule has 5 nitrogen and oxygen atoms in total. The van der Waals surface area contributed by atoms with Crippen LogP contribution in [0.5, 0.6) is 0 Å². The predicted molar refractivity (Wildman–Crippen MR) is 90.0 cm³/mol. The van der Waals surface area contributed by atoms with Crippen LogP contribution >= 0.6 is 27.3 Å². The van der Waals surface area contributed by atoms with E-state index >= 15 is 0 Å². The molecule has 0 fully saturated rings. The first-order valence-corrected chi connectivity index (χ1v) is 7.91. The maximum atomic E-state index is 11.9. The lowest BCUT2D eigenvalue weighted by atomic mass is 10.2. The van der Waals surface area contributed by atoms with Crippen LogP contribution in [0.3, 0.4) is 0 Å². The van der Waals surface area contributed by atoms with Crippen molar-refractivity contribution in [2.24, 2.45) is 0 Å². The van der Waals surface area contributed by atoms with Crippen LogP contribution < -0.4 is 5.32 Å². The van der Waals surface area contributed by atoms with Gasteiger partial charge < -0.3 is 4.74 Å². The molecule has 22 heavy (non-hydrogen) atoms. The molecule has 1 heterocycles. The molecular weight excluding hydrogens is 368 g/mol. The maximum absolute atomic E-state index is 11.9. The molecule has 0 spiro atoms. The second-order valence-electron chi connectivity index (χ2n) is 4.27. The Morgan fingerprint density at radius 1 is 1.36 bits per heavy atom. The van der Waals surface area contributed by atoms with Gasteiger partial charge >= 0.3 is 5.97 Å². The molecular formula is C15H13BrN2O3S. The van der Waals surface area contributed by atoms with E-state index in [9.17, 15) is 9.59 Å². The molecule has 0 aliphatic carbocycles. The van der Waals surface area contributed by atoms with Gasteiger partial charge in [0.05, 0.1) is 12.8 Å². The van der Waals surface area contributed by atoms with Gasteiger partial charge in [-0.25, -0.2) is 9.78 Å². The summed E-state index contributed by atoms with van der Waals surface area (Å²) in [6, 6.07) is 7.56. The molecule has 0 atom stereocenters. The van der Waals surface area contributed by atoms with E-state index in [2.05, 4.69) is 31.0 Å². The number of methoxy groups -OCH3 is 1. The smallest absolute Gasteiger partial charge is 0.350 e. The Morgan fingerprint density at radius 3 is 2.77 bits per heavy atom. The van der Waals surface area contributed by atoms with Gasteiger partial charge in [-0.05, 0) is 24.6 Å². The molecule has 0 saturated heterocycles. The molecule has 1 amide bonds. The van der Waals surface area contributed by atoms with Gasteiger partial charge in [0.15, 0.2) is 5.13 Å². The summed E-state index contributed by atoms with van der Waals surface area (Å²) < 4.78 is 5.55. The number of nitrogens with zero attached hydrogens (tertiary/aromatic N) is 1. The van der Waals surface area contributed by atoms with Gasteiger partial charge in [-0.15, -0.1) is 0 Å². The second kappa shape index (κ2) is 7.33. The van der Waals surface area contributed by atoms with Gasteiger partial charge in [0.1, 0.15) is 4.88 Å². The molecule has 0 aliphatic rings. The molecule has 1 aromatic carbocycles. The third-order valence-corrected chi connectivity index (χ3v) is 4.49. The average molecular weight is 381 g/mol. The maximum Gasteiger partial charge on any atom is 0.350 e. The standard InChI is InChI=1S/C15H13BrN2O3S/c1-9-13(14(20)21-2)22-15(17-9)18-12(19)8-7-10-5-3-4-6-11(10)16/h3-8H,1-2H3,(H,17,18,19)/b8-7+. The topological polar surface area (TPSA) is 68.3 Å². The van der Waals surface area contributed by atoms with Gasteiger partial charge in [-0.2, -0.15) is 0 Å². The fourth-order valence-electron chi connectivity index (χ4n) is 1.65. The number of carbonyl (C=O) groups excluding carboxylic acids is 2. The van der Waals surface area contributed by atoms with Crippen LogP contribution in [0, 0.1) is 6.92 Å². The number of nitrogens with one attached hydrogen (secondary N) is 1. The highest BCUT2D eigenvalue weighted by atomic mass is 79.9. The Kier molecular flexibility index (Phi) is 5.46. The van der Waals surface area contributed by atoms with E-state index < -0.39 is 5.97 Å². The Morgan fingerprint density at radius 2 is 2.09 bits per heavy atom. The van der Waals surface area contributed by atoms with Crippen molar-refractivity contribution in [3.63, 3.8) is 0 Å². The van der Waals surface area contributed by atoms with E-state index in [1.165, 1.54) is 13.2 Å². The largest absolute Gasteiger partial charge is 0.465 e. The molecule has 0 radical (unpaired) electrons. The number of aromatic nitrogens is 1. The van der Waals surface area contributed by atoms with Crippen LogP contribution in [0.1, 0.15) is 20.9 Å². The fraction of sp³-hybridized carbons (Fsp3) is 0.133. The van der Waals surface area contributed by atoms with E-state index in [-0.39, 0.29) is 5.91 Å². The molecule has 114 valence electrons. The Hall–Kier alpha value is -1.99. The van der Waals surface area contributed by atoms with Crippen LogP contribution in [0.2, 0.25) is 0 Å². The van der Waals surface area contributed by atoms with Crippen molar-refractivity contribution in [1.82, 2.24) is 4.98 Å². The Labute approximate surface area is 140 Å². The lowest BCUT2D eigenvalue weighted by Gasteiger charge is -1.98. The van der Waals surface area contributed by atoms with E-state index in [0.29, 0.717) is 15.7 Å². The summed E-state index contributed by atoms with van der Waals surface area (Å²) in [5, 5.41) is 2.99. The van der Waals surface area contributed by atoms with Crippen molar-refractivity contribution in [2.75, 3.05) is 12.4 Å².